The second kappa shape index (κ2) is 6.67. The molecular weight excluding hydrogens is 357 g/mol. The van der Waals surface area contributed by atoms with Gasteiger partial charge in [0, 0.05) is 22.5 Å². The van der Waals surface area contributed by atoms with Crippen molar-refractivity contribution in [1.82, 2.24) is 9.97 Å². The molecule has 0 fully saturated rings. The number of hydrogen-bond donors (Lipinski definition) is 1. The van der Waals surface area contributed by atoms with Gasteiger partial charge in [0.25, 0.3) is 0 Å². The number of benzene rings is 1. The number of nitrogens with zero attached hydrogens (tertiary/aromatic N) is 2. The highest BCUT2D eigenvalue weighted by atomic mass is 127. The maximum Gasteiger partial charge on any atom is 0.322 e. The maximum atomic E-state index is 5.63. The zero-order chi connectivity index (χ0) is 13.7. The zero-order valence-corrected chi connectivity index (χ0v) is 12.6. The molecule has 0 atom stereocenters. The summed E-state index contributed by atoms with van der Waals surface area (Å²) in [5.41, 5.74) is 6.60. The molecule has 0 saturated heterocycles. The number of ether oxygens (including phenoxy) is 2. The highest BCUT2D eigenvalue weighted by Crippen LogP contribution is 2.31. The molecule has 0 bridgehead atoms. The van der Waals surface area contributed by atoms with Crippen LogP contribution in [0.2, 0.25) is 0 Å². The first kappa shape index (κ1) is 14.0. The number of nitrogens with two attached hydrogens (primary N) is 1. The van der Waals surface area contributed by atoms with Crippen LogP contribution in [-0.4, -0.2) is 16.6 Å². The molecule has 19 heavy (non-hydrogen) atoms. The highest BCUT2D eigenvalue weighted by molar-refractivity contribution is 14.1. The van der Waals surface area contributed by atoms with E-state index in [-0.39, 0.29) is 0 Å². The van der Waals surface area contributed by atoms with E-state index in [9.17, 15) is 0 Å². The fourth-order valence-corrected chi connectivity index (χ4v) is 1.76. The molecule has 0 amide bonds. The first-order valence-electron chi connectivity index (χ1n) is 5.84. The van der Waals surface area contributed by atoms with Crippen molar-refractivity contribution in [2.45, 2.75) is 13.5 Å². The predicted molar refractivity (Wildman–Crippen MR) is 80.3 cm³/mol. The molecule has 0 aliphatic heterocycles. The van der Waals surface area contributed by atoms with Crippen molar-refractivity contribution in [2.75, 3.05) is 6.61 Å². The van der Waals surface area contributed by atoms with Crippen LogP contribution < -0.4 is 15.2 Å². The van der Waals surface area contributed by atoms with E-state index in [0.717, 1.165) is 9.13 Å². The Morgan fingerprint density at radius 2 is 1.95 bits per heavy atom. The molecule has 0 radical (unpaired) electrons. The lowest BCUT2D eigenvalue weighted by Gasteiger charge is -2.11. The lowest BCUT2D eigenvalue weighted by Crippen LogP contribution is -2.01. The van der Waals surface area contributed by atoms with Crippen molar-refractivity contribution in [3.63, 3.8) is 0 Å². The van der Waals surface area contributed by atoms with Crippen molar-refractivity contribution < 1.29 is 9.47 Å². The highest BCUT2D eigenvalue weighted by Gasteiger charge is 2.08. The summed E-state index contributed by atoms with van der Waals surface area (Å²) in [4.78, 5) is 8.19. The molecule has 0 aliphatic rings. The molecule has 5 nitrogen and oxygen atoms in total. The van der Waals surface area contributed by atoms with Crippen molar-refractivity contribution in [3.8, 4) is 17.5 Å². The number of hydrogen-bond acceptors (Lipinski definition) is 5. The van der Waals surface area contributed by atoms with E-state index < -0.39 is 0 Å². The summed E-state index contributed by atoms with van der Waals surface area (Å²) in [5.74, 6) is 1.23. The first-order chi connectivity index (χ1) is 9.22. The van der Waals surface area contributed by atoms with Crippen molar-refractivity contribution >= 4 is 22.6 Å². The largest absolute Gasteiger partial charge is 0.490 e. The van der Waals surface area contributed by atoms with Gasteiger partial charge in [0.2, 0.25) is 0 Å². The molecule has 1 aromatic carbocycles. The number of rotatable bonds is 5. The van der Waals surface area contributed by atoms with Gasteiger partial charge in [0.05, 0.1) is 6.61 Å². The van der Waals surface area contributed by atoms with Crippen LogP contribution in [0, 0.1) is 3.57 Å². The lowest BCUT2D eigenvalue weighted by atomic mass is 10.2. The molecule has 2 N–H and O–H groups in total. The van der Waals surface area contributed by atoms with Gasteiger partial charge in [-0.15, -0.1) is 0 Å². The van der Waals surface area contributed by atoms with E-state index in [0.29, 0.717) is 30.7 Å². The topological polar surface area (TPSA) is 70.3 Å². The zero-order valence-electron chi connectivity index (χ0n) is 10.5. The van der Waals surface area contributed by atoms with E-state index in [2.05, 4.69) is 32.6 Å². The summed E-state index contributed by atoms with van der Waals surface area (Å²) in [5, 5.41) is 0. The third-order valence-corrected chi connectivity index (χ3v) is 2.90. The van der Waals surface area contributed by atoms with Crippen LogP contribution in [0.15, 0.2) is 30.6 Å². The van der Waals surface area contributed by atoms with Gasteiger partial charge in [0.15, 0.2) is 11.5 Å². The Balaban J connectivity index is 2.25. The quantitative estimate of drug-likeness (QED) is 0.819. The van der Waals surface area contributed by atoms with Crippen LogP contribution in [0.1, 0.15) is 12.5 Å². The number of halogens is 1. The third kappa shape index (κ3) is 3.77. The molecule has 0 spiro atoms. The smallest absolute Gasteiger partial charge is 0.322 e. The third-order valence-electron chi connectivity index (χ3n) is 2.34. The second-order valence-corrected chi connectivity index (χ2v) is 4.95. The average Bonchev–Trinajstić information content (AvgIpc) is 2.43. The van der Waals surface area contributed by atoms with Crippen molar-refractivity contribution in [3.05, 3.63) is 39.7 Å². The van der Waals surface area contributed by atoms with Crippen LogP contribution in [0.25, 0.3) is 0 Å². The Labute approximate surface area is 125 Å². The van der Waals surface area contributed by atoms with Gasteiger partial charge in [0.1, 0.15) is 0 Å². The molecule has 0 saturated carbocycles. The summed E-state index contributed by atoms with van der Waals surface area (Å²) < 4.78 is 12.1. The van der Waals surface area contributed by atoms with E-state index in [4.69, 9.17) is 15.2 Å². The SMILES string of the molecule is CCOc1cc(CN)ccc1Oc1ncc(I)cn1. The Bertz CT molecular complexity index is 546. The molecule has 0 unspecified atom stereocenters. The fraction of sp³-hybridized carbons (Fsp3) is 0.231. The second-order valence-electron chi connectivity index (χ2n) is 3.70. The standard InChI is InChI=1S/C13H14IN3O2/c1-2-18-12-5-9(6-15)3-4-11(12)19-13-16-7-10(14)8-17-13/h3-5,7-8H,2,6,15H2,1H3. The molecule has 1 aromatic heterocycles. The minimum absolute atomic E-state index is 0.293. The summed E-state index contributed by atoms with van der Waals surface area (Å²) in [6.45, 7) is 2.93. The molecule has 2 aromatic rings. The molecule has 0 aliphatic carbocycles. The molecular formula is C13H14IN3O2. The number of aromatic nitrogens is 2. The summed E-state index contributed by atoms with van der Waals surface area (Å²) >= 11 is 2.14. The van der Waals surface area contributed by atoms with Crippen LogP contribution in [0.4, 0.5) is 0 Å². The van der Waals surface area contributed by atoms with Crippen LogP contribution in [-0.2, 0) is 6.54 Å². The van der Waals surface area contributed by atoms with Crippen molar-refractivity contribution in [2.24, 2.45) is 5.73 Å². The van der Waals surface area contributed by atoms with Gasteiger partial charge in [-0.3, -0.25) is 0 Å². The Morgan fingerprint density at radius 1 is 1.21 bits per heavy atom. The minimum atomic E-state index is 0.293. The van der Waals surface area contributed by atoms with Gasteiger partial charge in [-0.1, -0.05) is 6.07 Å². The van der Waals surface area contributed by atoms with Gasteiger partial charge >= 0.3 is 6.01 Å². The predicted octanol–water partition coefficient (Wildman–Crippen LogP) is 2.73. The lowest BCUT2D eigenvalue weighted by molar-refractivity contribution is 0.316. The maximum absolute atomic E-state index is 5.63. The first-order valence-corrected chi connectivity index (χ1v) is 6.92. The summed E-state index contributed by atoms with van der Waals surface area (Å²) in [6.07, 6.45) is 3.38. The van der Waals surface area contributed by atoms with Gasteiger partial charge < -0.3 is 15.2 Å². The minimum Gasteiger partial charge on any atom is -0.490 e. The normalized spacial score (nSPS) is 10.3. The van der Waals surface area contributed by atoms with Crippen LogP contribution in [0.5, 0.6) is 17.5 Å². The van der Waals surface area contributed by atoms with E-state index in [1.807, 2.05) is 25.1 Å². The van der Waals surface area contributed by atoms with E-state index >= 15 is 0 Å². The Hall–Kier alpha value is -1.41. The molecule has 1 heterocycles. The van der Waals surface area contributed by atoms with Gasteiger partial charge in [-0.2, -0.15) is 0 Å². The Morgan fingerprint density at radius 3 is 2.58 bits per heavy atom. The molecule has 100 valence electrons. The van der Waals surface area contributed by atoms with Gasteiger partial charge in [-0.05, 0) is 47.2 Å². The summed E-state index contributed by atoms with van der Waals surface area (Å²) in [7, 11) is 0. The fourth-order valence-electron chi connectivity index (χ4n) is 1.48. The van der Waals surface area contributed by atoms with Gasteiger partial charge in [-0.25, -0.2) is 9.97 Å². The molecule has 2 rings (SSSR count). The monoisotopic (exact) mass is 371 g/mol. The Kier molecular flexibility index (Phi) is 4.92. The van der Waals surface area contributed by atoms with E-state index in [1.54, 1.807) is 12.4 Å². The van der Waals surface area contributed by atoms with Crippen LogP contribution >= 0.6 is 22.6 Å². The van der Waals surface area contributed by atoms with Crippen LogP contribution in [0.3, 0.4) is 0 Å². The molecule has 6 heteroatoms. The summed E-state index contributed by atoms with van der Waals surface area (Å²) in [6, 6.07) is 5.87. The van der Waals surface area contributed by atoms with Crippen molar-refractivity contribution in [1.29, 1.82) is 0 Å². The van der Waals surface area contributed by atoms with E-state index in [1.165, 1.54) is 0 Å². The average molecular weight is 371 g/mol.